The van der Waals surface area contributed by atoms with E-state index >= 15 is 0 Å². The first kappa shape index (κ1) is 18.5. The number of nitrogens with zero attached hydrogens (tertiary/aromatic N) is 1. The molecule has 0 fully saturated rings. The first-order valence-corrected chi connectivity index (χ1v) is 8.25. The number of benzene rings is 2. The summed E-state index contributed by atoms with van der Waals surface area (Å²) in [5.74, 6) is 0.220. The fourth-order valence-corrected chi connectivity index (χ4v) is 3.26. The molecule has 0 aliphatic carbocycles. The third-order valence-electron chi connectivity index (χ3n) is 4.89. The van der Waals surface area contributed by atoms with Crippen molar-refractivity contribution in [3.8, 4) is 0 Å². The monoisotopic (exact) mass is 344 g/mol. The Hall–Kier alpha value is -1.84. The summed E-state index contributed by atoms with van der Waals surface area (Å²) in [5.41, 5.74) is 9.76. The number of halogens is 1. The molecule has 0 radical (unpaired) electrons. The number of hydrogen-bond acceptors (Lipinski definition) is 2. The van der Waals surface area contributed by atoms with Gasteiger partial charge in [0.15, 0.2) is 0 Å². The van der Waals surface area contributed by atoms with Crippen LogP contribution in [0.5, 0.6) is 0 Å². The maximum atomic E-state index is 12.8. The molecule has 128 valence electrons. The molecule has 0 spiro atoms. The maximum Gasteiger partial charge on any atom is 0.227 e. The summed E-state index contributed by atoms with van der Waals surface area (Å²) in [6.07, 6.45) is 0. The molecule has 1 amide bonds. The molecule has 0 bridgehead atoms. The van der Waals surface area contributed by atoms with Crippen molar-refractivity contribution in [1.29, 1.82) is 0 Å². The molecule has 2 N–H and O–H groups in total. The van der Waals surface area contributed by atoms with Gasteiger partial charge < -0.3 is 10.6 Å². The summed E-state index contributed by atoms with van der Waals surface area (Å²) in [5, 5.41) is 0. The second kappa shape index (κ2) is 7.82. The number of rotatable bonds is 3. The Morgan fingerprint density at radius 3 is 2.38 bits per heavy atom. The summed E-state index contributed by atoms with van der Waals surface area (Å²) in [6.45, 7) is 5.21. The van der Waals surface area contributed by atoms with E-state index in [1.54, 1.807) is 0 Å². The number of amides is 1. The molecule has 1 heterocycles. The average molecular weight is 345 g/mol. The first-order valence-electron chi connectivity index (χ1n) is 8.25. The molecular weight excluding hydrogens is 320 g/mol. The lowest BCUT2D eigenvalue weighted by Gasteiger charge is -2.37. The van der Waals surface area contributed by atoms with E-state index in [1.807, 2.05) is 30.9 Å². The minimum absolute atomic E-state index is 0. The standard InChI is InChI=1S/C20H24N2O.ClH/c1-14(15(2)21)20(23)22-12-17-10-6-7-11-18(17)19(13-22)16-8-4-3-5-9-16;/h3-11,14-15,19H,12-13,21H2,1-2H3;1H. The van der Waals surface area contributed by atoms with Crippen LogP contribution in [0.2, 0.25) is 0 Å². The van der Waals surface area contributed by atoms with Crippen LogP contribution in [0.1, 0.15) is 36.5 Å². The van der Waals surface area contributed by atoms with E-state index in [2.05, 4.69) is 42.5 Å². The predicted octanol–water partition coefficient (Wildman–Crippen LogP) is 3.57. The third kappa shape index (κ3) is 3.63. The number of carbonyl (C=O) groups excluding carboxylic acids is 1. The number of carbonyl (C=O) groups is 1. The van der Waals surface area contributed by atoms with Gasteiger partial charge in [-0.15, -0.1) is 12.4 Å². The molecule has 1 aliphatic heterocycles. The summed E-state index contributed by atoms with van der Waals surface area (Å²) in [7, 11) is 0. The highest BCUT2D eigenvalue weighted by molar-refractivity contribution is 5.85. The minimum atomic E-state index is -0.156. The Morgan fingerprint density at radius 1 is 1.08 bits per heavy atom. The predicted molar refractivity (Wildman–Crippen MR) is 100 cm³/mol. The van der Waals surface area contributed by atoms with Crippen LogP contribution >= 0.6 is 12.4 Å². The van der Waals surface area contributed by atoms with E-state index in [0.717, 1.165) is 6.54 Å². The van der Waals surface area contributed by atoms with Gasteiger partial charge in [0.2, 0.25) is 5.91 Å². The summed E-state index contributed by atoms with van der Waals surface area (Å²) < 4.78 is 0. The van der Waals surface area contributed by atoms with Crippen LogP contribution in [-0.2, 0) is 11.3 Å². The molecule has 0 aromatic heterocycles. The molecule has 0 saturated heterocycles. The molecule has 24 heavy (non-hydrogen) atoms. The van der Waals surface area contributed by atoms with Crippen molar-refractivity contribution >= 4 is 18.3 Å². The molecule has 2 aromatic rings. The van der Waals surface area contributed by atoms with Gasteiger partial charge in [-0.05, 0) is 23.6 Å². The molecule has 1 aliphatic rings. The topological polar surface area (TPSA) is 46.3 Å². The lowest BCUT2D eigenvalue weighted by atomic mass is 9.84. The first-order chi connectivity index (χ1) is 11.1. The van der Waals surface area contributed by atoms with E-state index in [-0.39, 0.29) is 36.2 Å². The van der Waals surface area contributed by atoms with Gasteiger partial charge in [0, 0.05) is 25.0 Å². The normalized spacial score (nSPS) is 19.0. The van der Waals surface area contributed by atoms with Gasteiger partial charge in [0.1, 0.15) is 0 Å². The van der Waals surface area contributed by atoms with Gasteiger partial charge in [-0.1, -0.05) is 61.5 Å². The van der Waals surface area contributed by atoms with E-state index in [0.29, 0.717) is 6.54 Å². The molecule has 3 unspecified atom stereocenters. The van der Waals surface area contributed by atoms with Crippen LogP contribution in [0.15, 0.2) is 54.6 Å². The van der Waals surface area contributed by atoms with Gasteiger partial charge in [-0.2, -0.15) is 0 Å². The van der Waals surface area contributed by atoms with Gasteiger partial charge in [-0.3, -0.25) is 4.79 Å². The van der Waals surface area contributed by atoms with Crippen LogP contribution in [0.25, 0.3) is 0 Å². The van der Waals surface area contributed by atoms with E-state index in [1.165, 1.54) is 16.7 Å². The fraction of sp³-hybridized carbons (Fsp3) is 0.350. The van der Waals surface area contributed by atoms with E-state index < -0.39 is 0 Å². The highest BCUT2D eigenvalue weighted by Crippen LogP contribution is 2.34. The van der Waals surface area contributed by atoms with Crippen molar-refractivity contribution in [3.63, 3.8) is 0 Å². The van der Waals surface area contributed by atoms with Gasteiger partial charge in [-0.25, -0.2) is 0 Å². The largest absolute Gasteiger partial charge is 0.337 e. The zero-order chi connectivity index (χ0) is 16.4. The van der Waals surface area contributed by atoms with Crippen molar-refractivity contribution in [3.05, 3.63) is 71.3 Å². The van der Waals surface area contributed by atoms with Gasteiger partial charge >= 0.3 is 0 Å². The lowest BCUT2D eigenvalue weighted by molar-refractivity contribution is -0.136. The smallest absolute Gasteiger partial charge is 0.227 e. The van der Waals surface area contributed by atoms with Crippen LogP contribution in [0.3, 0.4) is 0 Å². The Labute approximate surface area is 150 Å². The maximum absolute atomic E-state index is 12.8. The Balaban J connectivity index is 0.00000208. The second-order valence-corrected chi connectivity index (χ2v) is 6.53. The van der Waals surface area contributed by atoms with Crippen molar-refractivity contribution in [2.45, 2.75) is 32.4 Å². The second-order valence-electron chi connectivity index (χ2n) is 6.53. The molecule has 3 rings (SSSR count). The Bertz CT molecular complexity index is 687. The van der Waals surface area contributed by atoms with Crippen LogP contribution in [0.4, 0.5) is 0 Å². The zero-order valence-electron chi connectivity index (χ0n) is 14.2. The fourth-order valence-electron chi connectivity index (χ4n) is 3.26. The SMILES string of the molecule is CC(N)C(C)C(=O)N1Cc2ccccc2C(c2ccccc2)C1.Cl. The average Bonchev–Trinajstić information content (AvgIpc) is 2.60. The number of fused-ring (bicyclic) bond motifs is 1. The van der Waals surface area contributed by atoms with Crippen molar-refractivity contribution in [2.75, 3.05) is 6.54 Å². The lowest BCUT2D eigenvalue weighted by Crippen LogP contribution is -2.45. The number of hydrogen-bond donors (Lipinski definition) is 1. The summed E-state index contributed by atoms with van der Waals surface area (Å²) >= 11 is 0. The van der Waals surface area contributed by atoms with E-state index in [9.17, 15) is 4.79 Å². The molecule has 4 heteroatoms. The third-order valence-corrected chi connectivity index (χ3v) is 4.89. The zero-order valence-corrected chi connectivity index (χ0v) is 15.0. The van der Waals surface area contributed by atoms with E-state index in [4.69, 9.17) is 5.73 Å². The van der Waals surface area contributed by atoms with Crippen molar-refractivity contribution < 1.29 is 4.79 Å². The summed E-state index contributed by atoms with van der Waals surface area (Å²) in [6, 6.07) is 18.7. The van der Waals surface area contributed by atoms with Gasteiger partial charge in [0.25, 0.3) is 0 Å². The molecule has 2 aromatic carbocycles. The highest BCUT2D eigenvalue weighted by Gasteiger charge is 2.31. The van der Waals surface area contributed by atoms with Crippen molar-refractivity contribution in [1.82, 2.24) is 4.90 Å². The Kier molecular flexibility index (Phi) is 6.03. The quantitative estimate of drug-likeness (QED) is 0.925. The minimum Gasteiger partial charge on any atom is -0.337 e. The highest BCUT2D eigenvalue weighted by atomic mass is 35.5. The summed E-state index contributed by atoms with van der Waals surface area (Å²) in [4.78, 5) is 14.7. The molecular formula is C20H25ClN2O. The molecule has 3 atom stereocenters. The van der Waals surface area contributed by atoms with Crippen LogP contribution in [-0.4, -0.2) is 23.4 Å². The molecule has 3 nitrogen and oxygen atoms in total. The number of nitrogens with two attached hydrogens (primary N) is 1. The van der Waals surface area contributed by atoms with Crippen molar-refractivity contribution in [2.24, 2.45) is 11.7 Å². The van der Waals surface area contributed by atoms with Crippen LogP contribution < -0.4 is 5.73 Å². The molecule has 0 saturated carbocycles. The van der Waals surface area contributed by atoms with Gasteiger partial charge in [0.05, 0.1) is 5.92 Å². The van der Waals surface area contributed by atoms with Crippen LogP contribution in [0, 0.1) is 5.92 Å². The Morgan fingerprint density at radius 2 is 1.71 bits per heavy atom.